The van der Waals surface area contributed by atoms with Gasteiger partial charge in [-0.2, -0.15) is 0 Å². The fourth-order valence-electron chi connectivity index (χ4n) is 2.06. The third-order valence-electron chi connectivity index (χ3n) is 3.11. The van der Waals surface area contributed by atoms with Crippen molar-refractivity contribution in [3.63, 3.8) is 0 Å². The molecule has 5 nitrogen and oxygen atoms in total. The Kier molecular flexibility index (Phi) is 4.32. The van der Waals surface area contributed by atoms with Crippen LogP contribution in [-0.2, 0) is 0 Å². The predicted molar refractivity (Wildman–Crippen MR) is 79.8 cm³/mol. The van der Waals surface area contributed by atoms with Crippen LogP contribution in [-0.4, -0.2) is 22.2 Å². The Morgan fingerprint density at radius 2 is 1.73 bits per heavy atom. The monoisotopic (exact) mass is 323 g/mol. The molecule has 0 aliphatic rings. The predicted octanol–water partition coefficient (Wildman–Crippen LogP) is 3.93. The Labute approximate surface area is 130 Å². The zero-order chi connectivity index (χ0) is 16.4. The first-order valence-electron chi connectivity index (χ1n) is 6.13. The van der Waals surface area contributed by atoms with E-state index in [4.69, 9.17) is 16.7 Å². The quantitative estimate of drug-likeness (QED) is 0.793. The third kappa shape index (κ3) is 3.01. The molecule has 0 bridgehead atoms. The summed E-state index contributed by atoms with van der Waals surface area (Å²) in [6.07, 6.45) is 0. The van der Waals surface area contributed by atoms with Gasteiger partial charge in [0.1, 0.15) is 5.82 Å². The molecule has 0 atom stereocenters. The lowest BCUT2D eigenvalue weighted by atomic mass is 10.00. The number of halogens is 2. The van der Waals surface area contributed by atoms with Gasteiger partial charge in [0.15, 0.2) is 0 Å². The maximum Gasteiger partial charge on any atom is 0.338 e. The van der Waals surface area contributed by atoms with Crippen LogP contribution in [0.1, 0.15) is 26.3 Å². The van der Waals surface area contributed by atoms with Crippen LogP contribution in [0.3, 0.4) is 0 Å². The Balaban J connectivity index is 2.53. The van der Waals surface area contributed by atoms with Gasteiger partial charge in [0, 0.05) is 0 Å². The molecule has 0 aromatic heterocycles. The van der Waals surface area contributed by atoms with Crippen LogP contribution in [0.15, 0.2) is 30.3 Å². The van der Waals surface area contributed by atoms with Gasteiger partial charge in [-0.25, -0.2) is 14.0 Å². The summed E-state index contributed by atoms with van der Waals surface area (Å²) in [6, 6.07) is 6.25. The molecule has 7 heteroatoms. The van der Waals surface area contributed by atoms with Gasteiger partial charge in [-0.3, -0.25) is 0 Å². The number of aromatic carboxylic acids is 2. The zero-order valence-electron chi connectivity index (χ0n) is 11.4. The van der Waals surface area contributed by atoms with E-state index in [2.05, 4.69) is 5.32 Å². The second kappa shape index (κ2) is 6.03. The summed E-state index contributed by atoms with van der Waals surface area (Å²) in [5.41, 5.74) is 0.313. The molecule has 0 saturated heterocycles. The van der Waals surface area contributed by atoms with E-state index in [0.29, 0.717) is 5.69 Å². The minimum absolute atomic E-state index is 0.0799. The highest BCUT2D eigenvalue weighted by Gasteiger charge is 2.20. The largest absolute Gasteiger partial charge is 0.478 e. The Morgan fingerprint density at radius 1 is 1.09 bits per heavy atom. The molecule has 3 N–H and O–H groups in total. The molecule has 0 radical (unpaired) electrons. The Morgan fingerprint density at radius 3 is 2.27 bits per heavy atom. The summed E-state index contributed by atoms with van der Waals surface area (Å²) >= 11 is 5.89. The lowest BCUT2D eigenvalue weighted by Gasteiger charge is -2.14. The molecule has 0 unspecified atom stereocenters. The fourth-order valence-corrected chi connectivity index (χ4v) is 2.27. The van der Waals surface area contributed by atoms with E-state index < -0.39 is 17.8 Å². The molecule has 0 heterocycles. The summed E-state index contributed by atoms with van der Waals surface area (Å²) in [4.78, 5) is 22.5. The number of anilines is 2. The zero-order valence-corrected chi connectivity index (χ0v) is 12.1. The maximum absolute atomic E-state index is 13.0. The molecule has 0 amide bonds. The molecule has 0 aliphatic heterocycles. The summed E-state index contributed by atoms with van der Waals surface area (Å²) in [5, 5.41) is 21.2. The first-order valence-corrected chi connectivity index (χ1v) is 6.51. The van der Waals surface area contributed by atoms with Crippen molar-refractivity contribution in [2.24, 2.45) is 0 Å². The fraction of sp³-hybridized carbons (Fsp3) is 0.0667. The number of hydrogen-bond acceptors (Lipinski definition) is 3. The average molecular weight is 324 g/mol. The number of carbonyl (C=O) groups is 2. The van der Waals surface area contributed by atoms with Crippen LogP contribution in [0, 0.1) is 12.7 Å². The van der Waals surface area contributed by atoms with E-state index in [1.165, 1.54) is 31.2 Å². The van der Waals surface area contributed by atoms with Crippen molar-refractivity contribution >= 4 is 34.9 Å². The van der Waals surface area contributed by atoms with E-state index in [-0.39, 0.29) is 27.4 Å². The van der Waals surface area contributed by atoms with E-state index in [0.717, 1.165) is 6.07 Å². The molecule has 22 heavy (non-hydrogen) atoms. The highest BCUT2D eigenvalue weighted by Crippen LogP contribution is 2.30. The number of hydrogen-bond donors (Lipinski definition) is 3. The minimum atomic E-state index is -1.28. The lowest BCUT2D eigenvalue weighted by Crippen LogP contribution is -2.10. The van der Waals surface area contributed by atoms with Gasteiger partial charge in [0.25, 0.3) is 0 Å². The van der Waals surface area contributed by atoms with Crippen molar-refractivity contribution < 1.29 is 24.2 Å². The topological polar surface area (TPSA) is 86.6 Å². The summed E-state index contributed by atoms with van der Waals surface area (Å²) < 4.78 is 13.0. The number of rotatable bonds is 4. The standard InChI is InChI=1S/C15H11ClFNO4/c1-7-9(14(19)20)3-5-12(13(7)15(21)22)18-11-4-2-8(17)6-10(11)16/h2-6,18H,1H3,(H,19,20)(H,21,22). The molecule has 2 aromatic carbocycles. The van der Waals surface area contributed by atoms with E-state index in [9.17, 15) is 19.1 Å². The molecule has 0 spiro atoms. The normalized spacial score (nSPS) is 10.3. The second-order valence-corrected chi connectivity index (χ2v) is 4.93. The van der Waals surface area contributed by atoms with Crippen molar-refractivity contribution in [3.8, 4) is 0 Å². The number of carboxylic acid groups (broad SMARTS) is 2. The highest BCUT2D eigenvalue weighted by molar-refractivity contribution is 6.33. The summed E-state index contributed by atoms with van der Waals surface area (Å²) in [6.45, 7) is 1.41. The van der Waals surface area contributed by atoms with Crippen LogP contribution in [0.2, 0.25) is 5.02 Å². The van der Waals surface area contributed by atoms with Crippen molar-refractivity contribution in [2.45, 2.75) is 6.92 Å². The van der Waals surface area contributed by atoms with Crippen LogP contribution in [0.25, 0.3) is 0 Å². The van der Waals surface area contributed by atoms with Crippen LogP contribution >= 0.6 is 11.6 Å². The lowest BCUT2D eigenvalue weighted by molar-refractivity contribution is 0.0696. The maximum atomic E-state index is 13.0. The van der Waals surface area contributed by atoms with E-state index in [1.807, 2.05) is 0 Å². The van der Waals surface area contributed by atoms with Gasteiger partial charge in [0.2, 0.25) is 0 Å². The van der Waals surface area contributed by atoms with Gasteiger partial charge in [0.05, 0.1) is 27.5 Å². The molecule has 0 saturated carbocycles. The van der Waals surface area contributed by atoms with Gasteiger partial charge in [-0.05, 0) is 42.8 Å². The molecule has 0 aliphatic carbocycles. The average Bonchev–Trinajstić information content (AvgIpc) is 2.41. The number of nitrogens with one attached hydrogen (secondary N) is 1. The summed E-state index contributed by atoms with van der Waals surface area (Å²) in [7, 11) is 0. The van der Waals surface area contributed by atoms with Crippen LogP contribution in [0.5, 0.6) is 0 Å². The van der Waals surface area contributed by atoms with E-state index in [1.54, 1.807) is 0 Å². The molecular weight excluding hydrogens is 313 g/mol. The highest BCUT2D eigenvalue weighted by atomic mass is 35.5. The molecule has 2 rings (SSSR count). The van der Waals surface area contributed by atoms with Gasteiger partial charge < -0.3 is 15.5 Å². The molecule has 2 aromatic rings. The first kappa shape index (κ1) is 15.8. The van der Waals surface area contributed by atoms with Gasteiger partial charge in [-0.15, -0.1) is 0 Å². The van der Waals surface area contributed by atoms with Crippen molar-refractivity contribution in [1.82, 2.24) is 0 Å². The Hall–Kier alpha value is -2.60. The van der Waals surface area contributed by atoms with E-state index >= 15 is 0 Å². The molecule has 114 valence electrons. The van der Waals surface area contributed by atoms with Gasteiger partial charge in [-0.1, -0.05) is 11.6 Å². The smallest absolute Gasteiger partial charge is 0.338 e. The Bertz CT molecular complexity index is 776. The number of benzene rings is 2. The van der Waals surface area contributed by atoms with Crippen molar-refractivity contribution in [2.75, 3.05) is 5.32 Å². The van der Waals surface area contributed by atoms with Crippen molar-refractivity contribution in [1.29, 1.82) is 0 Å². The van der Waals surface area contributed by atoms with Gasteiger partial charge >= 0.3 is 11.9 Å². The minimum Gasteiger partial charge on any atom is -0.478 e. The summed E-state index contributed by atoms with van der Waals surface area (Å²) in [5.74, 6) is -3.01. The molecular formula is C15H11ClFNO4. The third-order valence-corrected chi connectivity index (χ3v) is 3.42. The van der Waals surface area contributed by atoms with Crippen LogP contribution < -0.4 is 5.32 Å². The number of carboxylic acids is 2. The van der Waals surface area contributed by atoms with Crippen molar-refractivity contribution in [3.05, 3.63) is 57.9 Å². The second-order valence-electron chi connectivity index (χ2n) is 4.52. The molecule has 0 fully saturated rings. The first-order chi connectivity index (χ1) is 10.3. The SMILES string of the molecule is Cc1c(C(=O)O)ccc(Nc2ccc(F)cc2Cl)c1C(=O)O. The van der Waals surface area contributed by atoms with Crippen LogP contribution in [0.4, 0.5) is 15.8 Å².